The number of aliphatic hydroxyl groups excluding tert-OH is 1. The van der Waals surface area contributed by atoms with E-state index in [4.69, 9.17) is 4.74 Å². The minimum Gasteiger partial charge on any atom is -0.496 e. The number of methoxy groups -OCH3 is 1. The molecule has 0 bridgehead atoms. The molecule has 1 aromatic carbocycles. The summed E-state index contributed by atoms with van der Waals surface area (Å²) in [7, 11) is 1.61. The summed E-state index contributed by atoms with van der Waals surface area (Å²) in [5.41, 5.74) is 2.45. The van der Waals surface area contributed by atoms with Crippen LogP contribution in [0.25, 0.3) is 0 Å². The molecule has 0 aliphatic heterocycles. The Labute approximate surface area is 107 Å². The topological polar surface area (TPSA) is 47.3 Å². The zero-order chi connectivity index (χ0) is 13.1. The molecule has 1 unspecified atom stereocenters. The molecule has 1 atom stereocenters. The minimum absolute atomic E-state index is 0.687. The molecule has 1 aromatic heterocycles. The number of benzene rings is 1. The van der Waals surface area contributed by atoms with Gasteiger partial charge in [0.25, 0.3) is 0 Å². The molecule has 96 valence electrons. The van der Waals surface area contributed by atoms with E-state index in [2.05, 4.69) is 5.10 Å². The average molecular weight is 246 g/mol. The smallest absolute Gasteiger partial charge is 0.125 e. The van der Waals surface area contributed by atoms with Crippen molar-refractivity contribution >= 4 is 0 Å². The predicted octanol–water partition coefficient (Wildman–Crippen LogP) is 2.30. The fourth-order valence-corrected chi connectivity index (χ4v) is 2.09. The van der Waals surface area contributed by atoms with Crippen LogP contribution in [0.2, 0.25) is 0 Å². The van der Waals surface area contributed by atoms with Crippen LogP contribution in [0.3, 0.4) is 0 Å². The maximum absolute atomic E-state index is 10.5. The van der Waals surface area contributed by atoms with Crippen LogP contribution in [0.5, 0.6) is 5.75 Å². The van der Waals surface area contributed by atoms with Crippen molar-refractivity contribution in [3.63, 3.8) is 0 Å². The number of aryl methyl sites for hydroxylation is 2. The molecule has 4 nitrogen and oxygen atoms in total. The van der Waals surface area contributed by atoms with Crippen molar-refractivity contribution in [1.82, 2.24) is 9.78 Å². The van der Waals surface area contributed by atoms with Gasteiger partial charge in [0.15, 0.2) is 0 Å². The van der Waals surface area contributed by atoms with Gasteiger partial charge in [-0.3, -0.25) is 4.68 Å². The minimum atomic E-state index is -0.720. The Morgan fingerprint density at radius 3 is 2.78 bits per heavy atom. The molecule has 0 saturated carbocycles. The summed E-state index contributed by atoms with van der Waals surface area (Å²) in [6, 6.07) is 9.39. The highest BCUT2D eigenvalue weighted by Crippen LogP contribution is 2.29. The van der Waals surface area contributed by atoms with E-state index < -0.39 is 6.10 Å². The zero-order valence-electron chi connectivity index (χ0n) is 10.9. The molecule has 2 rings (SSSR count). The molecular formula is C14H18N2O2. The summed E-state index contributed by atoms with van der Waals surface area (Å²) in [5, 5.41) is 14.8. The van der Waals surface area contributed by atoms with Gasteiger partial charge >= 0.3 is 0 Å². The third-order valence-corrected chi connectivity index (χ3v) is 2.95. The van der Waals surface area contributed by atoms with Gasteiger partial charge in [-0.15, -0.1) is 0 Å². The van der Waals surface area contributed by atoms with E-state index in [1.807, 2.05) is 48.9 Å². The lowest BCUT2D eigenvalue weighted by molar-refractivity contribution is 0.203. The Kier molecular flexibility index (Phi) is 3.67. The van der Waals surface area contributed by atoms with E-state index in [1.54, 1.807) is 7.11 Å². The summed E-state index contributed by atoms with van der Waals surface area (Å²) in [5.74, 6) is 0.687. The van der Waals surface area contributed by atoms with Crippen molar-refractivity contribution in [2.45, 2.75) is 26.5 Å². The fraction of sp³-hybridized carbons (Fsp3) is 0.357. The molecule has 0 spiro atoms. The van der Waals surface area contributed by atoms with Crippen LogP contribution in [0.1, 0.15) is 30.0 Å². The monoisotopic (exact) mass is 246 g/mol. The lowest BCUT2D eigenvalue weighted by atomic mass is 10.1. The molecule has 0 saturated heterocycles. The van der Waals surface area contributed by atoms with Crippen LogP contribution >= 0.6 is 0 Å². The second-order valence-electron chi connectivity index (χ2n) is 4.17. The molecule has 0 radical (unpaired) electrons. The highest BCUT2D eigenvalue weighted by Gasteiger charge is 2.19. The highest BCUT2D eigenvalue weighted by molar-refractivity contribution is 5.39. The number of para-hydroxylation sites is 1. The summed E-state index contributed by atoms with van der Waals surface area (Å²) in [6.45, 7) is 4.66. The predicted molar refractivity (Wildman–Crippen MR) is 69.7 cm³/mol. The molecule has 0 aliphatic rings. The Balaban J connectivity index is 2.44. The normalized spacial score (nSPS) is 12.4. The number of hydrogen-bond donors (Lipinski definition) is 1. The van der Waals surface area contributed by atoms with Crippen molar-refractivity contribution in [2.75, 3.05) is 7.11 Å². The number of aromatic nitrogens is 2. The second-order valence-corrected chi connectivity index (χ2v) is 4.17. The Bertz CT molecular complexity index is 534. The zero-order valence-corrected chi connectivity index (χ0v) is 10.9. The van der Waals surface area contributed by atoms with Crippen LogP contribution in [-0.4, -0.2) is 22.0 Å². The molecule has 0 amide bonds. The van der Waals surface area contributed by atoms with Crippen LogP contribution in [0.4, 0.5) is 0 Å². The first-order valence-electron chi connectivity index (χ1n) is 6.02. The Morgan fingerprint density at radius 2 is 2.11 bits per heavy atom. The molecule has 18 heavy (non-hydrogen) atoms. The molecular weight excluding hydrogens is 228 g/mol. The van der Waals surface area contributed by atoms with Crippen molar-refractivity contribution in [3.05, 3.63) is 47.3 Å². The van der Waals surface area contributed by atoms with Gasteiger partial charge in [0.05, 0.1) is 18.5 Å². The van der Waals surface area contributed by atoms with Crippen LogP contribution in [-0.2, 0) is 6.54 Å². The Morgan fingerprint density at radius 1 is 1.39 bits per heavy atom. The van der Waals surface area contributed by atoms with Gasteiger partial charge < -0.3 is 9.84 Å². The van der Waals surface area contributed by atoms with E-state index in [9.17, 15) is 5.11 Å². The van der Waals surface area contributed by atoms with E-state index in [0.717, 1.165) is 23.5 Å². The van der Waals surface area contributed by atoms with Crippen molar-refractivity contribution < 1.29 is 9.84 Å². The SMILES string of the molecule is CCn1nc(C)cc1C(O)c1ccccc1OC. The summed E-state index contributed by atoms with van der Waals surface area (Å²) >= 11 is 0. The second kappa shape index (κ2) is 5.23. The van der Waals surface area contributed by atoms with Crippen molar-refractivity contribution in [2.24, 2.45) is 0 Å². The van der Waals surface area contributed by atoms with E-state index in [1.165, 1.54) is 0 Å². The molecule has 2 aromatic rings. The molecule has 1 N–H and O–H groups in total. The van der Waals surface area contributed by atoms with Crippen molar-refractivity contribution in [1.29, 1.82) is 0 Å². The average Bonchev–Trinajstić information content (AvgIpc) is 2.79. The number of hydrogen-bond acceptors (Lipinski definition) is 3. The maximum atomic E-state index is 10.5. The Hall–Kier alpha value is -1.81. The number of aliphatic hydroxyl groups is 1. The fourth-order valence-electron chi connectivity index (χ4n) is 2.09. The standard InChI is InChI=1S/C14H18N2O2/c1-4-16-12(9-10(2)15-16)14(17)11-7-5-6-8-13(11)18-3/h5-9,14,17H,4H2,1-3H3. The quantitative estimate of drug-likeness (QED) is 0.900. The number of nitrogens with zero attached hydrogens (tertiary/aromatic N) is 2. The molecule has 0 aliphatic carbocycles. The van der Waals surface area contributed by atoms with Crippen LogP contribution in [0, 0.1) is 6.92 Å². The lowest BCUT2D eigenvalue weighted by Gasteiger charge is -2.15. The van der Waals surface area contributed by atoms with E-state index in [0.29, 0.717) is 5.75 Å². The highest BCUT2D eigenvalue weighted by atomic mass is 16.5. The first-order chi connectivity index (χ1) is 8.67. The van der Waals surface area contributed by atoms with Gasteiger partial charge in [0.2, 0.25) is 0 Å². The number of rotatable bonds is 4. The van der Waals surface area contributed by atoms with Crippen LogP contribution in [0.15, 0.2) is 30.3 Å². The summed E-state index contributed by atoms with van der Waals surface area (Å²) < 4.78 is 7.09. The largest absolute Gasteiger partial charge is 0.496 e. The van der Waals surface area contributed by atoms with Gasteiger partial charge in [-0.25, -0.2) is 0 Å². The first-order valence-corrected chi connectivity index (χ1v) is 6.02. The molecule has 1 heterocycles. The van der Waals surface area contributed by atoms with Crippen molar-refractivity contribution in [3.8, 4) is 5.75 Å². The number of ether oxygens (including phenoxy) is 1. The van der Waals surface area contributed by atoms with Gasteiger partial charge in [0, 0.05) is 12.1 Å². The van der Waals surface area contributed by atoms with E-state index >= 15 is 0 Å². The van der Waals surface area contributed by atoms with Gasteiger partial charge in [-0.05, 0) is 26.0 Å². The summed E-state index contributed by atoms with van der Waals surface area (Å²) in [4.78, 5) is 0. The van der Waals surface area contributed by atoms with E-state index in [-0.39, 0.29) is 0 Å². The van der Waals surface area contributed by atoms with Gasteiger partial charge in [-0.1, -0.05) is 18.2 Å². The van der Waals surface area contributed by atoms with Gasteiger partial charge in [-0.2, -0.15) is 5.10 Å². The summed E-state index contributed by atoms with van der Waals surface area (Å²) in [6.07, 6.45) is -0.720. The van der Waals surface area contributed by atoms with Gasteiger partial charge in [0.1, 0.15) is 11.9 Å². The van der Waals surface area contributed by atoms with Crippen LogP contribution < -0.4 is 4.74 Å². The third kappa shape index (κ3) is 2.24. The lowest BCUT2D eigenvalue weighted by Crippen LogP contribution is -2.10. The first kappa shape index (κ1) is 12.6. The molecule has 0 fully saturated rings. The third-order valence-electron chi connectivity index (χ3n) is 2.95. The maximum Gasteiger partial charge on any atom is 0.125 e. The molecule has 4 heteroatoms.